The first-order chi connectivity index (χ1) is 8.60. The summed E-state index contributed by atoms with van der Waals surface area (Å²) in [5.74, 6) is 0.0284. The SMILES string of the molecule is CCNC(=O)CN(CC)C(=O)C1CCCNC1C. The summed E-state index contributed by atoms with van der Waals surface area (Å²) in [6.45, 7) is 8.17. The lowest BCUT2D eigenvalue weighted by Gasteiger charge is -2.33. The molecule has 0 radical (unpaired) electrons. The van der Waals surface area contributed by atoms with Gasteiger partial charge in [-0.3, -0.25) is 9.59 Å². The van der Waals surface area contributed by atoms with E-state index in [0.717, 1.165) is 19.4 Å². The van der Waals surface area contributed by atoms with Crippen LogP contribution in [0, 0.1) is 5.92 Å². The normalized spacial score (nSPS) is 23.5. The van der Waals surface area contributed by atoms with Gasteiger partial charge < -0.3 is 15.5 Å². The minimum atomic E-state index is -0.0795. The molecule has 0 aromatic rings. The van der Waals surface area contributed by atoms with Crippen LogP contribution in [0.1, 0.15) is 33.6 Å². The van der Waals surface area contributed by atoms with Crippen LogP contribution in [0.4, 0.5) is 0 Å². The number of amides is 2. The van der Waals surface area contributed by atoms with Gasteiger partial charge in [0.25, 0.3) is 0 Å². The Morgan fingerprint density at radius 1 is 1.39 bits per heavy atom. The van der Waals surface area contributed by atoms with Crippen LogP contribution in [0.15, 0.2) is 0 Å². The van der Waals surface area contributed by atoms with Crippen molar-refractivity contribution in [2.75, 3.05) is 26.2 Å². The molecule has 2 unspecified atom stereocenters. The zero-order chi connectivity index (χ0) is 13.5. The van der Waals surface area contributed by atoms with Gasteiger partial charge in [-0.1, -0.05) is 0 Å². The Hall–Kier alpha value is -1.10. The van der Waals surface area contributed by atoms with Gasteiger partial charge in [0.2, 0.25) is 11.8 Å². The molecule has 104 valence electrons. The van der Waals surface area contributed by atoms with Crippen LogP contribution < -0.4 is 10.6 Å². The van der Waals surface area contributed by atoms with E-state index in [1.54, 1.807) is 4.90 Å². The predicted octanol–water partition coefficient (Wildman–Crippen LogP) is 0.359. The molecule has 0 spiro atoms. The fraction of sp³-hybridized carbons (Fsp3) is 0.846. The van der Waals surface area contributed by atoms with Crippen molar-refractivity contribution in [3.63, 3.8) is 0 Å². The van der Waals surface area contributed by atoms with E-state index in [-0.39, 0.29) is 30.3 Å². The van der Waals surface area contributed by atoms with Crippen molar-refractivity contribution in [3.05, 3.63) is 0 Å². The average molecular weight is 255 g/mol. The topological polar surface area (TPSA) is 61.4 Å². The van der Waals surface area contributed by atoms with Gasteiger partial charge in [0.1, 0.15) is 0 Å². The quantitative estimate of drug-likeness (QED) is 0.745. The van der Waals surface area contributed by atoms with Gasteiger partial charge in [-0.05, 0) is 40.2 Å². The third-order valence-electron chi connectivity index (χ3n) is 3.48. The Morgan fingerprint density at radius 2 is 2.11 bits per heavy atom. The van der Waals surface area contributed by atoms with E-state index in [1.807, 2.05) is 20.8 Å². The zero-order valence-electron chi connectivity index (χ0n) is 11.7. The Balaban J connectivity index is 2.57. The van der Waals surface area contributed by atoms with E-state index in [9.17, 15) is 9.59 Å². The number of hydrogen-bond acceptors (Lipinski definition) is 3. The summed E-state index contributed by atoms with van der Waals surface area (Å²) in [4.78, 5) is 25.6. The molecule has 5 heteroatoms. The van der Waals surface area contributed by atoms with E-state index in [0.29, 0.717) is 13.1 Å². The first kappa shape index (κ1) is 15.0. The second-order valence-corrected chi connectivity index (χ2v) is 4.80. The summed E-state index contributed by atoms with van der Waals surface area (Å²) >= 11 is 0. The first-order valence-electron chi connectivity index (χ1n) is 6.89. The largest absolute Gasteiger partial charge is 0.355 e. The van der Waals surface area contributed by atoms with Crippen LogP contribution in [-0.2, 0) is 9.59 Å². The van der Waals surface area contributed by atoms with Gasteiger partial charge >= 0.3 is 0 Å². The monoisotopic (exact) mass is 255 g/mol. The number of nitrogens with one attached hydrogen (secondary N) is 2. The zero-order valence-corrected chi connectivity index (χ0v) is 11.7. The minimum absolute atomic E-state index is 0.00752. The Morgan fingerprint density at radius 3 is 2.67 bits per heavy atom. The highest BCUT2D eigenvalue weighted by Gasteiger charge is 2.31. The van der Waals surface area contributed by atoms with Crippen LogP contribution in [-0.4, -0.2) is 48.9 Å². The molecule has 0 aromatic heterocycles. The smallest absolute Gasteiger partial charge is 0.239 e. The Labute approximate surface area is 109 Å². The van der Waals surface area contributed by atoms with Crippen LogP contribution >= 0.6 is 0 Å². The standard InChI is InChI=1S/C13H25N3O2/c1-4-14-12(17)9-16(5-2)13(18)11-7-6-8-15-10(11)3/h10-11,15H,4-9H2,1-3H3,(H,14,17). The fourth-order valence-corrected chi connectivity index (χ4v) is 2.39. The van der Waals surface area contributed by atoms with E-state index in [4.69, 9.17) is 0 Å². The van der Waals surface area contributed by atoms with Crippen molar-refractivity contribution in [1.82, 2.24) is 15.5 Å². The van der Waals surface area contributed by atoms with Crippen LogP contribution in [0.5, 0.6) is 0 Å². The molecular weight excluding hydrogens is 230 g/mol. The highest BCUT2D eigenvalue weighted by atomic mass is 16.2. The first-order valence-corrected chi connectivity index (χ1v) is 6.89. The van der Waals surface area contributed by atoms with Crippen molar-refractivity contribution < 1.29 is 9.59 Å². The van der Waals surface area contributed by atoms with Crippen LogP contribution in [0.25, 0.3) is 0 Å². The highest BCUT2D eigenvalue weighted by Crippen LogP contribution is 2.18. The molecule has 0 aliphatic carbocycles. The highest BCUT2D eigenvalue weighted by molar-refractivity contribution is 5.86. The summed E-state index contributed by atoms with van der Waals surface area (Å²) in [5, 5.41) is 6.05. The average Bonchev–Trinajstić information content (AvgIpc) is 2.36. The second kappa shape index (κ2) is 7.36. The van der Waals surface area contributed by atoms with Gasteiger partial charge in [-0.25, -0.2) is 0 Å². The maximum Gasteiger partial charge on any atom is 0.239 e. The predicted molar refractivity (Wildman–Crippen MR) is 71.1 cm³/mol. The lowest BCUT2D eigenvalue weighted by molar-refractivity contribution is -0.140. The molecular formula is C13H25N3O2. The number of rotatable bonds is 5. The van der Waals surface area contributed by atoms with E-state index >= 15 is 0 Å². The summed E-state index contributed by atoms with van der Waals surface area (Å²) < 4.78 is 0. The molecule has 2 amide bonds. The number of carbonyl (C=O) groups is 2. The Bertz CT molecular complexity index is 294. The molecule has 0 aromatic carbocycles. The summed E-state index contributed by atoms with van der Waals surface area (Å²) in [6.07, 6.45) is 1.94. The van der Waals surface area contributed by atoms with Gasteiger partial charge in [-0.15, -0.1) is 0 Å². The van der Waals surface area contributed by atoms with Gasteiger partial charge in [-0.2, -0.15) is 0 Å². The molecule has 0 bridgehead atoms. The molecule has 2 N–H and O–H groups in total. The molecule has 1 heterocycles. The Kier molecular flexibility index (Phi) is 6.12. The molecule has 5 nitrogen and oxygen atoms in total. The van der Waals surface area contributed by atoms with Gasteiger partial charge in [0.05, 0.1) is 12.5 Å². The molecule has 0 saturated carbocycles. The number of hydrogen-bond donors (Lipinski definition) is 2. The number of carbonyl (C=O) groups excluding carboxylic acids is 2. The van der Waals surface area contributed by atoms with E-state index in [1.165, 1.54) is 0 Å². The molecule has 1 aliphatic rings. The van der Waals surface area contributed by atoms with E-state index in [2.05, 4.69) is 10.6 Å². The third-order valence-corrected chi connectivity index (χ3v) is 3.48. The molecule has 1 aliphatic heterocycles. The van der Waals surface area contributed by atoms with Crippen molar-refractivity contribution in [1.29, 1.82) is 0 Å². The molecule has 1 saturated heterocycles. The molecule has 1 rings (SSSR count). The number of likely N-dealkylation sites (N-methyl/N-ethyl adjacent to an activating group) is 2. The van der Waals surface area contributed by atoms with Crippen molar-refractivity contribution in [2.24, 2.45) is 5.92 Å². The van der Waals surface area contributed by atoms with Gasteiger partial charge in [0.15, 0.2) is 0 Å². The summed E-state index contributed by atoms with van der Waals surface area (Å²) in [7, 11) is 0. The third kappa shape index (κ3) is 3.98. The number of nitrogens with zero attached hydrogens (tertiary/aromatic N) is 1. The second-order valence-electron chi connectivity index (χ2n) is 4.80. The number of piperidine rings is 1. The minimum Gasteiger partial charge on any atom is -0.355 e. The van der Waals surface area contributed by atoms with Crippen molar-refractivity contribution >= 4 is 11.8 Å². The van der Waals surface area contributed by atoms with Crippen molar-refractivity contribution in [3.8, 4) is 0 Å². The summed E-state index contributed by atoms with van der Waals surface area (Å²) in [5.41, 5.74) is 0. The molecule has 1 fully saturated rings. The van der Waals surface area contributed by atoms with Crippen LogP contribution in [0.3, 0.4) is 0 Å². The van der Waals surface area contributed by atoms with Crippen molar-refractivity contribution in [2.45, 2.75) is 39.7 Å². The van der Waals surface area contributed by atoms with E-state index < -0.39 is 0 Å². The lowest BCUT2D eigenvalue weighted by Crippen LogP contribution is -2.50. The molecule has 2 atom stereocenters. The summed E-state index contributed by atoms with van der Waals surface area (Å²) in [6, 6.07) is 0.203. The lowest BCUT2D eigenvalue weighted by atomic mass is 9.90. The maximum atomic E-state index is 12.4. The maximum absolute atomic E-state index is 12.4. The van der Waals surface area contributed by atoms with Gasteiger partial charge in [0, 0.05) is 19.1 Å². The fourth-order valence-electron chi connectivity index (χ4n) is 2.39. The molecule has 18 heavy (non-hydrogen) atoms. The van der Waals surface area contributed by atoms with Crippen LogP contribution in [0.2, 0.25) is 0 Å².